The van der Waals surface area contributed by atoms with E-state index >= 15 is 0 Å². The number of allylic oxidation sites excluding steroid dienone is 3. The number of likely N-dealkylation sites (tertiary alicyclic amines) is 1. The average molecular weight is 633 g/mol. The van der Waals surface area contributed by atoms with Crippen LogP contribution < -0.4 is 10.5 Å². The number of aromatic carboxylic acids is 1. The van der Waals surface area contributed by atoms with E-state index in [9.17, 15) is 19.1 Å². The van der Waals surface area contributed by atoms with Crippen LogP contribution in [0, 0.1) is 17.7 Å². The van der Waals surface area contributed by atoms with Crippen molar-refractivity contribution < 1.29 is 33.3 Å². The fourth-order valence-electron chi connectivity index (χ4n) is 6.13. The SMILES string of the molecule is COc1cc(COC/C=C\C=C(/N)C2CCN(Cc3nc4ccc(C(=O)O)cc4n3CC3CCO3)CC2)c(F)cc1C(=O)C1CC1. The molecule has 1 saturated carbocycles. The molecule has 11 heteroatoms. The molecule has 0 bridgehead atoms. The van der Waals surface area contributed by atoms with E-state index in [0.29, 0.717) is 30.0 Å². The molecule has 6 rings (SSSR count). The number of halogens is 1. The van der Waals surface area contributed by atoms with Crippen LogP contribution in [0.5, 0.6) is 5.75 Å². The molecule has 46 heavy (non-hydrogen) atoms. The van der Waals surface area contributed by atoms with E-state index in [-0.39, 0.29) is 42.5 Å². The molecular weight excluding hydrogens is 591 g/mol. The standard InChI is InChI=1S/C35H41FN4O6/c1-44-32-17-25(28(36)18-27(32)34(41)23-5-6-23)21-45-14-3-2-4-29(37)22-9-12-39(13-10-22)20-33-38-30-8-7-24(35(42)43)16-31(30)40(33)19-26-11-15-46-26/h2-4,7-8,16-18,22-23,26H,5-6,9-15,19-21,37H2,1H3,(H,42,43)/b3-2-,29-4-. The van der Waals surface area contributed by atoms with Gasteiger partial charge in [-0.05, 0) is 81.6 Å². The maximum absolute atomic E-state index is 14.7. The Hall–Kier alpha value is -4.06. The first kappa shape index (κ1) is 31.9. The Morgan fingerprint density at radius 1 is 1.13 bits per heavy atom. The summed E-state index contributed by atoms with van der Waals surface area (Å²) in [6.07, 6.45) is 10.3. The molecule has 3 heterocycles. The van der Waals surface area contributed by atoms with E-state index in [1.807, 2.05) is 18.2 Å². The first-order valence-electron chi connectivity index (χ1n) is 16.0. The Balaban J connectivity index is 0.988. The lowest BCUT2D eigenvalue weighted by Gasteiger charge is -2.32. The summed E-state index contributed by atoms with van der Waals surface area (Å²) >= 11 is 0. The molecule has 3 N–H and O–H groups in total. The summed E-state index contributed by atoms with van der Waals surface area (Å²) in [6.45, 7) is 4.17. The van der Waals surface area contributed by atoms with E-state index in [4.69, 9.17) is 24.9 Å². The zero-order valence-electron chi connectivity index (χ0n) is 26.1. The van der Waals surface area contributed by atoms with Crippen LogP contribution >= 0.6 is 0 Å². The van der Waals surface area contributed by atoms with E-state index in [0.717, 1.165) is 74.4 Å². The summed E-state index contributed by atoms with van der Waals surface area (Å²) in [4.78, 5) is 31.2. The molecule has 2 saturated heterocycles. The monoisotopic (exact) mass is 632 g/mol. The minimum absolute atomic E-state index is 0.0145. The summed E-state index contributed by atoms with van der Waals surface area (Å²) in [7, 11) is 1.48. The Morgan fingerprint density at radius 3 is 2.59 bits per heavy atom. The third kappa shape index (κ3) is 7.32. The number of hydrogen-bond acceptors (Lipinski definition) is 8. The number of Topliss-reactive ketones (excluding diaryl/α,β-unsaturated/α-hetero) is 1. The van der Waals surface area contributed by atoms with Crippen LogP contribution in [0.1, 0.15) is 64.2 Å². The normalized spacial score (nSPS) is 19.5. The van der Waals surface area contributed by atoms with Gasteiger partial charge in [0.05, 0.1) is 61.7 Å². The third-order valence-electron chi connectivity index (χ3n) is 9.16. The molecule has 0 radical (unpaired) electrons. The number of aromatic nitrogens is 2. The van der Waals surface area contributed by atoms with Crippen molar-refractivity contribution in [1.29, 1.82) is 0 Å². The maximum Gasteiger partial charge on any atom is 0.335 e. The maximum atomic E-state index is 14.7. The highest BCUT2D eigenvalue weighted by Gasteiger charge is 2.33. The first-order chi connectivity index (χ1) is 22.3. The minimum Gasteiger partial charge on any atom is -0.496 e. The zero-order chi connectivity index (χ0) is 32.2. The van der Waals surface area contributed by atoms with Gasteiger partial charge >= 0.3 is 5.97 Å². The molecule has 10 nitrogen and oxygen atoms in total. The van der Waals surface area contributed by atoms with Crippen LogP contribution in [0.25, 0.3) is 11.0 Å². The second kappa shape index (κ2) is 14.1. The highest BCUT2D eigenvalue weighted by atomic mass is 19.1. The van der Waals surface area contributed by atoms with Crippen LogP contribution in [-0.2, 0) is 29.2 Å². The first-order valence-corrected chi connectivity index (χ1v) is 16.0. The summed E-state index contributed by atoms with van der Waals surface area (Å²) in [5.41, 5.74) is 9.77. The summed E-state index contributed by atoms with van der Waals surface area (Å²) in [6, 6.07) is 7.89. The number of carbonyl (C=O) groups excluding carboxylic acids is 1. The largest absolute Gasteiger partial charge is 0.496 e. The number of imidazole rings is 1. The molecule has 3 fully saturated rings. The van der Waals surface area contributed by atoms with Gasteiger partial charge in [0.2, 0.25) is 0 Å². The fourth-order valence-corrected chi connectivity index (χ4v) is 6.13. The van der Waals surface area contributed by atoms with Crippen molar-refractivity contribution in [1.82, 2.24) is 14.5 Å². The molecule has 3 aliphatic rings. The van der Waals surface area contributed by atoms with Crippen LogP contribution in [0.2, 0.25) is 0 Å². The molecular formula is C35H41FN4O6. The van der Waals surface area contributed by atoms with Gasteiger partial charge in [0, 0.05) is 29.7 Å². The van der Waals surface area contributed by atoms with Gasteiger partial charge in [-0.3, -0.25) is 9.69 Å². The molecule has 3 aromatic rings. The van der Waals surface area contributed by atoms with Crippen LogP contribution in [0.3, 0.4) is 0 Å². The van der Waals surface area contributed by atoms with Crippen molar-refractivity contribution in [2.24, 2.45) is 17.6 Å². The number of piperidine rings is 1. The number of rotatable bonds is 14. The van der Waals surface area contributed by atoms with Crippen LogP contribution in [0.4, 0.5) is 4.39 Å². The number of carboxylic acids is 1. The number of carboxylic acid groups (broad SMARTS) is 1. The van der Waals surface area contributed by atoms with Gasteiger partial charge < -0.3 is 29.6 Å². The van der Waals surface area contributed by atoms with E-state index in [2.05, 4.69) is 9.47 Å². The molecule has 2 aliphatic heterocycles. The number of methoxy groups -OCH3 is 1. The average Bonchev–Trinajstić information content (AvgIpc) is 3.83. The summed E-state index contributed by atoms with van der Waals surface area (Å²) in [5, 5.41) is 9.50. The van der Waals surface area contributed by atoms with Crippen molar-refractivity contribution in [3.8, 4) is 5.75 Å². The molecule has 0 spiro atoms. The number of nitrogens with two attached hydrogens (primary N) is 1. The van der Waals surface area contributed by atoms with Gasteiger partial charge in [0.15, 0.2) is 5.78 Å². The fraction of sp³-hybridized carbons (Fsp3) is 0.457. The van der Waals surface area contributed by atoms with Gasteiger partial charge in [-0.2, -0.15) is 0 Å². The molecule has 1 aliphatic carbocycles. The van der Waals surface area contributed by atoms with E-state index in [1.165, 1.54) is 13.2 Å². The lowest BCUT2D eigenvalue weighted by Crippen LogP contribution is -2.36. The van der Waals surface area contributed by atoms with Crippen molar-refractivity contribution >= 4 is 22.8 Å². The van der Waals surface area contributed by atoms with Crippen molar-refractivity contribution in [3.05, 3.63) is 82.6 Å². The Bertz CT molecular complexity index is 1650. The van der Waals surface area contributed by atoms with Gasteiger partial charge in [0.1, 0.15) is 17.4 Å². The second-order valence-corrected chi connectivity index (χ2v) is 12.4. The van der Waals surface area contributed by atoms with Gasteiger partial charge in [-0.15, -0.1) is 0 Å². The molecule has 1 atom stereocenters. The lowest BCUT2D eigenvalue weighted by atomic mass is 9.93. The van der Waals surface area contributed by atoms with Crippen molar-refractivity contribution in [2.75, 3.05) is 33.4 Å². The van der Waals surface area contributed by atoms with Gasteiger partial charge in [0.25, 0.3) is 0 Å². The zero-order valence-corrected chi connectivity index (χ0v) is 26.1. The van der Waals surface area contributed by atoms with Crippen LogP contribution in [-0.4, -0.2) is 70.8 Å². The molecule has 2 aromatic carbocycles. The van der Waals surface area contributed by atoms with E-state index in [1.54, 1.807) is 24.3 Å². The highest BCUT2D eigenvalue weighted by molar-refractivity contribution is 6.01. The highest BCUT2D eigenvalue weighted by Crippen LogP contribution is 2.36. The molecule has 1 aromatic heterocycles. The number of fused-ring (bicyclic) bond motifs is 1. The number of carbonyl (C=O) groups is 2. The van der Waals surface area contributed by atoms with E-state index < -0.39 is 11.8 Å². The quantitative estimate of drug-likeness (QED) is 0.142. The smallest absolute Gasteiger partial charge is 0.335 e. The predicted molar refractivity (Wildman–Crippen MR) is 170 cm³/mol. The van der Waals surface area contributed by atoms with Crippen LogP contribution in [0.15, 0.2) is 54.3 Å². The topological polar surface area (TPSA) is 129 Å². The lowest BCUT2D eigenvalue weighted by molar-refractivity contribution is -0.0592. The molecule has 1 unspecified atom stereocenters. The van der Waals surface area contributed by atoms with Crippen molar-refractivity contribution in [2.45, 2.75) is 57.9 Å². The van der Waals surface area contributed by atoms with Crippen molar-refractivity contribution in [3.63, 3.8) is 0 Å². The van der Waals surface area contributed by atoms with Gasteiger partial charge in [-0.1, -0.05) is 12.2 Å². The third-order valence-corrected chi connectivity index (χ3v) is 9.16. The number of ketones is 1. The minimum atomic E-state index is -0.952. The summed E-state index contributed by atoms with van der Waals surface area (Å²) < 4.78 is 33.5. The Morgan fingerprint density at radius 2 is 1.91 bits per heavy atom. The number of hydrogen-bond donors (Lipinski definition) is 2. The number of ether oxygens (including phenoxy) is 3. The van der Waals surface area contributed by atoms with Gasteiger partial charge in [-0.25, -0.2) is 14.2 Å². The molecule has 0 amide bonds. The Labute approximate surface area is 267 Å². The Kier molecular flexibility index (Phi) is 9.81. The predicted octanol–water partition coefficient (Wildman–Crippen LogP) is 5.09. The molecule has 244 valence electrons. The second-order valence-electron chi connectivity index (χ2n) is 12.4. The number of nitrogens with zero attached hydrogens (tertiary/aromatic N) is 3. The summed E-state index contributed by atoms with van der Waals surface area (Å²) in [5.74, 6) is 0.0617. The number of benzene rings is 2.